The van der Waals surface area contributed by atoms with Gasteiger partial charge in [0.05, 0.1) is 23.4 Å². The topological polar surface area (TPSA) is 55.9 Å². The summed E-state index contributed by atoms with van der Waals surface area (Å²) in [5.41, 5.74) is 7.59. The number of imidazole rings is 1. The monoisotopic (exact) mass is 372 g/mol. The van der Waals surface area contributed by atoms with E-state index in [1.54, 1.807) is 6.20 Å². The Bertz CT molecular complexity index is 1070. The SMILES string of the molecule is Cc1cc(C)c(-c2c(-c3ccccc3)ncn2CCCO)c(-n2cccn2)c1. The second kappa shape index (κ2) is 7.82. The van der Waals surface area contributed by atoms with Crippen LogP contribution in [0.15, 0.2) is 67.3 Å². The third kappa shape index (κ3) is 3.37. The molecule has 2 aromatic heterocycles. The zero-order valence-corrected chi connectivity index (χ0v) is 16.2. The number of hydrogen-bond acceptors (Lipinski definition) is 3. The summed E-state index contributed by atoms with van der Waals surface area (Å²) >= 11 is 0. The Hall–Kier alpha value is -3.18. The zero-order valence-electron chi connectivity index (χ0n) is 16.2. The Morgan fingerprint density at radius 1 is 1.04 bits per heavy atom. The molecule has 142 valence electrons. The standard InChI is InChI=1S/C23H24N4O/c1-17-14-18(2)21(20(15-17)27-12-6-10-25-27)23-22(19-8-4-3-5-9-19)24-16-26(23)11-7-13-28/h3-6,8-10,12,14-16,28H,7,11,13H2,1-2H3. The van der Waals surface area contributed by atoms with E-state index in [4.69, 9.17) is 4.98 Å². The zero-order chi connectivity index (χ0) is 19.5. The number of aliphatic hydroxyl groups excluding tert-OH is 1. The van der Waals surface area contributed by atoms with Crippen molar-refractivity contribution in [2.75, 3.05) is 6.61 Å². The van der Waals surface area contributed by atoms with Gasteiger partial charge < -0.3 is 9.67 Å². The van der Waals surface area contributed by atoms with Crippen LogP contribution >= 0.6 is 0 Å². The molecule has 0 bridgehead atoms. The Morgan fingerprint density at radius 3 is 2.57 bits per heavy atom. The molecule has 0 saturated heterocycles. The maximum absolute atomic E-state index is 9.36. The average molecular weight is 372 g/mol. The summed E-state index contributed by atoms with van der Waals surface area (Å²) in [5.74, 6) is 0. The predicted octanol–water partition coefficient (Wildman–Crippen LogP) is 4.40. The quantitative estimate of drug-likeness (QED) is 0.546. The first-order valence-electron chi connectivity index (χ1n) is 9.52. The number of hydrogen-bond donors (Lipinski definition) is 1. The van der Waals surface area contributed by atoms with Crippen LogP contribution in [-0.4, -0.2) is 31.0 Å². The number of rotatable bonds is 6. The molecule has 0 aliphatic carbocycles. The third-order valence-corrected chi connectivity index (χ3v) is 4.89. The molecule has 0 radical (unpaired) electrons. The highest BCUT2D eigenvalue weighted by atomic mass is 16.3. The van der Waals surface area contributed by atoms with Gasteiger partial charge >= 0.3 is 0 Å². The molecular weight excluding hydrogens is 348 g/mol. The minimum atomic E-state index is 0.150. The minimum absolute atomic E-state index is 0.150. The van der Waals surface area contributed by atoms with Gasteiger partial charge in [0.25, 0.3) is 0 Å². The Balaban J connectivity index is 2.00. The molecule has 0 atom stereocenters. The van der Waals surface area contributed by atoms with Crippen LogP contribution in [-0.2, 0) is 6.54 Å². The molecule has 0 fully saturated rings. The second-order valence-electron chi connectivity index (χ2n) is 7.00. The van der Waals surface area contributed by atoms with Crippen LogP contribution in [0.2, 0.25) is 0 Å². The van der Waals surface area contributed by atoms with Crippen molar-refractivity contribution >= 4 is 0 Å². The Labute approximate surface area is 164 Å². The molecule has 0 amide bonds. The molecule has 0 aliphatic heterocycles. The number of aromatic nitrogens is 4. The summed E-state index contributed by atoms with van der Waals surface area (Å²) in [6.45, 7) is 5.09. The van der Waals surface area contributed by atoms with Gasteiger partial charge in [0.2, 0.25) is 0 Å². The molecule has 0 saturated carbocycles. The molecule has 2 aromatic carbocycles. The van der Waals surface area contributed by atoms with Gasteiger partial charge in [-0.2, -0.15) is 5.10 Å². The fourth-order valence-corrected chi connectivity index (χ4v) is 3.71. The van der Waals surface area contributed by atoms with Crippen molar-refractivity contribution in [1.29, 1.82) is 0 Å². The Morgan fingerprint density at radius 2 is 1.86 bits per heavy atom. The van der Waals surface area contributed by atoms with Crippen molar-refractivity contribution < 1.29 is 5.11 Å². The van der Waals surface area contributed by atoms with Crippen LogP contribution in [0.4, 0.5) is 0 Å². The van der Waals surface area contributed by atoms with E-state index in [9.17, 15) is 5.11 Å². The van der Waals surface area contributed by atoms with Crippen molar-refractivity contribution in [1.82, 2.24) is 19.3 Å². The van der Waals surface area contributed by atoms with Crippen molar-refractivity contribution in [3.63, 3.8) is 0 Å². The van der Waals surface area contributed by atoms with Gasteiger partial charge in [-0.15, -0.1) is 0 Å². The number of nitrogens with zero attached hydrogens (tertiary/aromatic N) is 4. The van der Waals surface area contributed by atoms with Gasteiger partial charge in [0.15, 0.2) is 0 Å². The van der Waals surface area contributed by atoms with Gasteiger partial charge in [-0.1, -0.05) is 36.4 Å². The maximum Gasteiger partial charge on any atom is 0.0964 e. The van der Waals surface area contributed by atoms with Crippen molar-refractivity contribution in [3.8, 4) is 28.2 Å². The fourth-order valence-electron chi connectivity index (χ4n) is 3.71. The van der Waals surface area contributed by atoms with Crippen LogP contribution in [0.3, 0.4) is 0 Å². The molecule has 28 heavy (non-hydrogen) atoms. The lowest BCUT2D eigenvalue weighted by Crippen LogP contribution is -2.06. The van der Waals surface area contributed by atoms with E-state index < -0.39 is 0 Å². The normalized spacial score (nSPS) is 11.1. The summed E-state index contributed by atoms with van der Waals surface area (Å²) in [6, 6.07) is 16.5. The van der Waals surface area contributed by atoms with Crippen LogP contribution < -0.4 is 0 Å². The van der Waals surface area contributed by atoms with E-state index in [1.165, 1.54) is 11.1 Å². The van der Waals surface area contributed by atoms with E-state index in [-0.39, 0.29) is 6.61 Å². The molecule has 0 spiro atoms. The first-order valence-corrected chi connectivity index (χ1v) is 9.52. The van der Waals surface area contributed by atoms with E-state index in [0.29, 0.717) is 13.0 Å². The van der Waals surface area contributed by atoms with Gasteiger partial charge in [-0.3, -0.25) is 0 Å². The first-order chi connectivity index (χ1) is 13.7. The van der Waals surface area contributed by atoms with E-state index >= 15 is 0 Å². The van der Waals surface area contributed by atoms with Crippen LogP contribution in [0, 0.1) is 13.8 Å². The largest absolute Gasteiger partial charge is 0.396 e. The highest BCUT2D eigenvalue weighted by Gasteiger charge is 2.21. The summed E-state index contributed by atoms with van der Waals surface area (Å²) in [7, 11) is 0. The molecule has 1 N–H and O–H groups in total. The number of aliphatic hydroxyl groups is 1. The molecule has 0 aliphatic rings. The smallest absolute Gasteiger partial charge is 0.0964 e. The minimum Gasteiger partial charge on any atom is -0.396 e. The second-order valence-corrected chi connectivity index (χ2v) is 7.00. The first kappa shape index (κ1) is 18.2. The summed E-state index contributed by atoms with van der Waals surface area (Å²) in [4.78, 5) is 4.75. The lowest BCUT2D eigenvalue weighted by atomic mass is 9.96. The lowest BCUT2D eigenvalue weighted by Gasteiger charge is -2.18. The lowest BCUT2D eigenvalue weighted by molar-refractivity contribution is 0.280. The molecule has 2 heterocycles. The third-order valence-electron chi connectivity index (χ3n) is 4.89. The van der Waals surface area contributed by atoms with Crippen molar-refractivity contribution in [3.05, 3.63) is 78.4 Å². The van der Waals surface area contributed by atoms with Crippen LogP contribution in [0.25, 0.3) is 28.2 Å². The number of benzene rings is 2. The summed E-state index contributed by atoms with van der Waals surface area (Å²) < 4.78 is 4.05. The number of aryl methyl sites for hydroxylation is 3. The average Bonchev–Trinajstić information content (AvgIpc) is 3.37. The summed E-state index contributed by atoms with van der Waals surface area (Å²) in [5, 5.41) is 13.8. The maximum atomic E-state index is 9.36. The van der Waals surface area contributed by atoms with Crippen molar-refractivity contribution in [2.24, 2.45) is 0 Å². The molecular formula is C23H24N4O. The highest BCUT2D eigenvalue weighted by molar-refractivity contribution is 5.85. The molecule has 4 aromatic rings. The Kier molecular flexibility index (Phi) is 5.08. The highest BCUT2D eigenvalue weighted by Crippen LogP contribution is 2.37. The van der Waals surface area contributed by atoms with Crippen LogP contribution in [0.1, 0.15) is 17.5 Å². The van der Waals surface area contributed by atoms with Gasteiger partial charge in [0, 0.05) is 36.7 Å². The van der Waals surface area contributed by atoms with Gasteiger partial charge in [0.1, 0.15) is 0 Å². The van der Waals surface area contributed by atoms with Crippen molar-refractivity contribution in [2.45, 2.75) is 26.8 Å². The van der Waals surface area contributed by atoms with Gasteiger partial charge in [-0.05, 0) is 43.5 Å². The van der Waals surface area contributed by atoms with Crippen LogP contribution in [0.5, 0.6) is 0 Å². The molecule has 0 unspecified atom stereocenters. The molecule has 4 rings (SSSR count). The van der Waals surface area contributed by atoms with E-state index in [1.807, 2.05) is 41.5 Å². The predicted molar refractivity (Wildman–Crippen MR) is 111 cm³/mol. The summed E-state index contributed by atoms with van der Waals surface area (Å²) in [6.07, 6.45) is 6.32. The fraction of sp³-hybridized carbons (Fsp3) is 0.217. The van der Waals surface area contributed by atoms with E-state index in [0.717, 1.165) is 28.2 Å². The van der Waals surface area contributed by atoms with E-state index in [2.05, 4.69) is 47.8 Å². The molecule has 5 heteroatoms. The van der Waals surface area contributed by atoms with Gasteiger partial charge in [-0.25, -0.2) is 9.67 Å². The molecule has 5 nitrogen and oxygen atoms in total.